The van der Waals surface area contributed by atoms with Crippen molar-refractivity contribution in [1.82, 2.24) is 4.98 Å². The predicted molar refractivity (Wildman–Crippen MR) is 62.1 cm³/mol. The molecule has 82 valence electrons. The number of hydrogen-bond donors (Lipinski definition) is 1. The summed E-state index contributed by atoms with van der Waals surface area (Å²) in [7, 11) is 0. The van der Waals surface area contributed by atoms with Gasteiger partial charge in [0.15, 0.2) is 0 Å². The highest BCUT2D eigenvalue weighted by Gasteiger charge is 2.10. The van der Waals surface area contributed by atoms with Gasteiger partial charge in [0.05, 0.1) is 0 Å². The fraction of sp³-hybridized carbons (Fsp3) is 0.400. The van der Waals surface area contributed by atoms with Crippen molar-refractivity contribution in [2.24, 2.45) is 0 Å². The molecule has 1 N–H and O–H groups in total. The first kappa shape index (κ1) is 12.0. The molecule has 0 aromatic carbocycles. The van der Waals surface area contributed by atoms with E-state index in [1.54, 1.807) is 11.1 Å². The molecule has 0 aliphatic carbocycles. The van der Waals surface area contributed by atoms with E-state index in [0.29, 0.717) is 12.4 Å². The van der Waals surface area contributed by atoms with Crippen LogP contribution < -0.4 is 4.90 Å². The lowest BCUT2D eigenvalue weighted by Gasteiger charge is -2.20. The van der Waals surface area contributed by atoms with Gasteiger partial charge >= 0.3 is 5.97 Å². The molecule has 1 aromatic heterocycles. The number of nitrogens with zero attached hydrogens (tertiary/aromatic N) is 2. The smallest absolute Gasteiger partial charge is 0.323 e. The average molecular weight is 273 g/mol. The number of carboxylic acid groups (broad SMARTS) is 1. The number of carbonyl (C=O) groups is 1. The molecule has 0 saturated heterocycles. The quantitative estimate of drug-likeness (QED) is 0.893. The van der Waals surface area contributed by atoms with Gasteiger partial charge < -0.3 is 10.0 Å². The van der Waals surface area contributed by atoms with Gasteiger partial charge in [0.2, 0.25) is 0 Å². The topological polar surface area (TPSA) is 53.4 Å². The van der Waals surface area contributed by atoms with Crippen LogP contribution in [0.2, 0.25) is 0 Å². The fourth-order valence-corrected chi connectivity index (χ4v) is 1.50. The molecule has 0 spiro atoms. The van der Waals surface area contributed by atoms with Crippen molar-refractivity contribution in [3.63, 3.8) is 0 Å². The molecule has 15 heavy (non-hydrogen) atoms. The number of anilines is 1. The molecule has 4 nitrogen and oxygen atoms in total. The highest BCUT2D eigenvalue weighted by molar-refractivity contribution is 9.10. The van der Waals surface area contributed by atoms with E-state index < -0.39 is 5.97 Å². The molecule has 0 bridgehead atoms. The third-order valence-electron chi connectivity index (χ3n) is 1.86. The van der Waals surface area contributed by atoms with Gasteiger partial charge in [-0.25, -0.2) is 4.98 Å². The van der Waals surface area contributed by atoms with Gasteiger partial charge in [0.25, 0.3) is 0 Å². The lowest BCUT2D eigenvalue weighted by Crippen LogP contribution is -2.30. The van der Waals surface area contributed by atoms with Crippen molar-refractivity contribution in [3.8, 4) is 0 Å². The van der Waals surface area contributed by atoms with Crippen molar-refractivity contribution in [1.29, 1.82) is 0 Å². The van der Waals surface area contributed by atoms with Crippen LogP contribution in [-0.4, -0.2) is 29.1 Å². The summed E-state index contributed by atoms with van der Waals surface area (Å²) in [6.45, 7) is 2.69. The number of aliphatic carboxylic acids is 1. The van der Waals surface area contributed by atoms with Crippen LogP contribution in [0.5, 0.6) is 0 Å². The molecule has 1 rings (SSSR count). The zero-order valence-electron chi connectivity index (χ0n) is 8.48. The molecule has 0 radical (unpaired) electrons. The van der Waals surface area contributed by atoms with E-state index in [0.717, 1.165) is 10.9 Å². The van der Waals surface area contributed by atoms with Gasteiger partial charge in [0, 0.05) is 17.2 Å². The average Bonchev–Trinajstić information content (AvgIpc) is 2.17. The normalized spacial score (nSPS) is 10.0. The molecular weight excluding hydrogens is 260 g/mol. The zero-order valence-corrected chi connectivity index (χ0v) is 10.1. The molecule has 0 aliphatic rings. The first-order valence-corrected chi connectivity index (χ1v) is 5.51. The fourth-order valence-electron chi connectivity index (χ4n) is 1.26. The Balaban J connectivity index is 2.78. The standard InChI is InChI=1S/C10H13BrN2O2/c1-2-5-13(7-10(14)15)9-4-3-8(11)6-12-9/h3-4,6H,2,5,7H2,1H3,(H,14,15). The largest absolute Gasteiger partial charge is 0.480 e. The second-order valence-corrected chi connectivity index (χ2v) is 4.07. The lowest BCUT2D eigenvalue weighted by atomic mass is 10.3. The van der Waals surface area contributed by atoms with E-state index >= 15 is 0 Å². The van der Waals surface area contributed by atoms with Crippen LogP contribution in [0.1, 0.15) is 13.3 Å². The van der Waals surface area contributed by atoms with Crippen molar-refractivity contribution < 1.29 is 9.90 Å². The monoisotopic (exact) mass is 272 g/mol. The summed E-state index contributed by atoms with van der Waals surface area (Å²) < 4.78 is 0.887. The number of hydrogen-bond acceptors (Lipinski definition) is 3. The Hall–Kier alpha value is -1.10. The minimum Gasteiger partial charge on any atom is -0.480 e. The third kappa shape index (κ3) is 3.87. The van der Waals surface area contributed by atoms with Crippen LogP contribution in [0.3, 0.4) is 0 Å². The van der Waals surface area contributed by atoms with Gasteiger partial charge in [-0.1, -0.05) is 6.92 Å². The molecule has 0 amide bonds. The second-order valence-electron chi connectivity index (χ2n) is 3.15. The molecule has 5 heteroatoms. The molecule has 1 aromatic rings. The number of carboxylic acids is 1. The minimum absolute atomic E-state index is 0.0114. The maximum absolute atomic E-state index is 10.6. The van der Waals surface area contributed by atoms with E-state index in [-0.39, 0.29) is 6.54 Å². The highest BCUT2D eigenvalue weighted by atomic mass is 79.9. The first-order valence-electron chi connectivity index (χ1n) is 4.71. The molecule has 1 heterocycles. The maximum Gasteiger partial charge on any atom is 0.323 e. The van der Waals surface area contributed by atoms with Gasteiger partial charge in [-0.15, -0.1) is 0 Å². The summed E-state index contributed by atoms with van der Waals surface area (Å²) >= 11 is 3.29. The van der Waals surface area contributed by atoms with Crippen LogP contribution >= 0.6 is 15.9 Å². The summed E-state index contributed by atoms with van der Waals surface area (Å²) in [6, 6.07) is 3.66. The first-order chi connectivity index (χ1) is 7.13. The van der Waals surface area contributed by atoms with Gasteiger partial charge in [-0.2, -0.15) is 0 Å². The van der Waals surface area contributed by atoms with E-state index in [1.165, 1.54) is 0 Å². The SMILES string of the molecule is CCCN(CC(=O)O)c1ccc(Br)cn1. The molecule has 0 aliphatic heterocycles. The van der Waals surface area contributed by atoms with E-state index in [9.17, 15) is 4.79 Å². The maximum atomic E-state index is 10.6. The molecular formula is C10H13BrN2O2. The van der Waals surface area contributed by atoms with E-state index in [1.807, 2.05) is 19.1 Å². The van der Waals surface area contributed by atoms with Crippen LogP contribution in [0, 0.1) is 0 Å². The molecule has 0 fully saturated rings. The summed E-state index contributed by atoms with van der Waals surface area (Å²) in [5.74, 6) is -0.143. The summed E-state index contributed by atoms with van der Waals surface area (Å²) in [5.41, 5.74) is 0. The second kappa shape index (κ2) is 5.70. The Morgan fingerprint density at radius 3 is 2.80 bits per heavy atom. The summed E-state index contributed by atoms with van der Waals surface area (Å²) in [4.78, 5) is 16.6. The third-order valence-corrected chi connectivity index (χ3v) is 2.32. The van der Waals surface area contributed by atoms with Gasteiger partial charge in [-0.05, 0) is 34.5 Å². The number of aromatic nitrogens is 1. The number of pyridine rings is 1. The molecule has 0 saturated carbocycles. The lowest BCUT2D eigenvalue weighted by molar-refractivity contribution is -0.135. The highest BCUT2D eigenvalue weighted by Crippen LogP contribution is 2.14. The number of halogens is 1. The van der Waals surface area contributed by atoms with Crippen LogP contribution in [0.4, 0.5) is 5.82 Å². The van der Waals surface area contributed by atoms with E-state index in [2.05, 4.69) is 20.9 Å². The minimum atomic E-state index is -0.840. The van der Waals surface area contributed by atoms with Crippen molar-refractivity contribution >= 4 is 27.7 Å². The Morgan fingerprint density at radius 1 is 1.60 bits per heavy atom. The van der Waals surface area contributed by atoms with E-state index in [4.69, 9.17) is 5.11 Å². The summed E-state index contributed by atoms with van der Waals surface area (Å²) in [5, 5.41) is 8.75. The van der Waals surface area contributed by atoms with Gasteiger partial charge in [-0.3, -0.25) is 4.79 Å². The van der Waals surface area contributed by atoms with Crippen molar-refractivity contribution in [2.45, 2.75) is 13.3 Å². The Labute approximate surface area is 97.1 Å². The molecule has 0 atom stereocenters. The Kier molecular flexibility index (Phi) is 4.55. The van der Waals surface area contributed by atoms with Crippen LogP contribution in [0.25, 0.3) is 0 Å². The Bertz CT molecular complexity index is 327. The predicted octanol–water partition coefficient (Wildman–Crippen LogP) is 2.15. The van der Waals surface area contributed by atoms with Crippen molar-refractivity contribution in [3.05, 3.63) is 22.8 Å². The van der Waals surface area contributed by atoms with Crippen LogP contribution in [-0.2, 0) is 4.79 Å². The van der Waals surface area contributed by atoms with Crippen LogP contribution in [0.15, 0.2) is 22.8 Å². The van der Waals surface area contributed by atoms with Crippen molar-refractivity contribution in [2.75, 3.05) is 18.0 Å². The zero-order chi connectivity index (χ0) is 11.3. The van der Waals surface area contributed by atoms with Gasteiger partial charge in [0.1, 0.15) is 12.4 Å². The summed E-state index contributed by atoms with van der Waals surface area (Å²) in [6.07, 6.45) is 2.56. The molecule has 0 unspecified atom stereocenters. The number of rotatable bonds is 5. The Morgan fingerprint density at radius 2 is 2.33 bits per heavy atom.